The molecule has 0 radical (unpaired) electrons. The fourth-order valence-corrected chi connectivity index (χ4v) is 9.23. The van der Waals surface area contributed by atoms with E-state index >= 15 is 0 Å². The lowest BCUT2D eigenvalue weighted by atomic mass is 9.35. The molecular formula is C32H43NO4. The molecule has 0 aromatic carbocycles. The van der Waals surface area contributed by atoms with Gasteiger partial charge >= 0.3 is 0 Å². The molecule has 0 bridgehead atoms. The molecule has 5 aliphatic rings. The van der Waals surface area contributed by atoms with Crippen molar-refractivity contribution in [2.75, 3.05) is 7.05 Å². The van der Waals surface area contributed by atoms with Gasteiger partial charge in [-0.2, -0.15) is 0 Å². The van der Waals surface area contributed by atoms with Crippen molar-refractivity contribution >= 4 is 17.5 Å². The quantitative estimate of drug-likeness (QED) is 0.440. The van der Waals surface area contributed by atoms with E-state index in [1.807, 2.05) is 14.0 Å². The van der Waals surface area contributed by atoms with Crippen molar-refractivity contribution in [1.29, 1.82) is 0 Å². The lowest BCUT2D eigenvalue weighted by Gasteiger charge is -2.70. The van der Waals surface area contributed by atoms with Gasteiger partial charge in [0.25, 0.3) is 5.91 Å². The number of allylic oxidation sites excluding steroid dienone is 7. The minimum Gasteiger partial charge on any atom is -0.504 e. The van der Waals surface area contributed by atoms with Crippen molar-refractivity contribution in [2.45, 2.75) is 99.0 Å². The summed E-state index contributed by atoms with van der Waals surface area (Å²) in [5, 5.41) is 10.3. The second-order valence-corrected chi connectivity index (χ2v) is 14.0. The van der Waals surface area contributed by atoms with Crippen LogP contribution in [0.4, 0.5) is 0 Å². The van der Waals surface area contributed by atoms with E-state index < -0.39 is 5.78 Å². The average molecular weight is 506 g/mol. The molecule has 1 N–H and O–H groups in total. The zero-order valence-electron chi connectivity index (χ0n) is 23.9. The van der Waals surface area contributed by atoms with Crippen LogP contribution in [0.25, 0.3) is 0 Å². The fraction of sp³-hybridized carbons (Fsp3) is 0.656. The normalized spacial score (nSPS) is 42.9. The topological polar surface area (TPSA) is 74.7 Å². The van der Waals surface area contributed by atoms with E-state index in [1.54, 1.807) is 11.0 Å². The SMILES string of the molecule is CC(=O)C(=O)N(C)C1(C)CCC2(C)CCC3(C)C4=CC=C5C(=CC(=O)C(O)=C5C)C4(C)CC[C@@]3(C)C2C1. The molecule has 0 spiro atoms. The summed E-state index contributed by atoms with van der Waals surface area (Å²) in [7, 11) is 1.81. The molecule has 0 aliphatic heterocycles. The van der Waals surface area contributed by atoms with Crippen molar-refractivity contribution < 1.29 is 19.5 Å². The maximum absolute atomic E-state index is 12.8. The fourth-order valence-electron chi connectivity index (χ4n) is 9.23. The Morgan fingerprint density at radius 1 is 0.973 bits per heavy atom. The van der Waals surface area contributed by atoms with E-state index in [1.165, 1.54) is 12.5 Å². The van der Waals surface area contributed by atoms with Gasteiger partial charge in [-0.1, -0.05) is 45.4 Å². The minimum absolute atomic E-state index is 0.0186. The van der Waals surface area contributed by atoms with E-state index in [2.05, 4.69) is 46.8 Å². The van der Waals surface area contributed by atoms with Crippen LogP contribution in [0.3, 0.4) is 0 Å². The molecule has 6 atom stereocenters. The van der Waals surface area contributed by atoms with Crippen molar-refractivity contribution in [1.82, 2.24) is 4.90 Å². The molecule has 0 aromatic rings. The molecule has 5 aliphatic carbocycles. The van der Waals surface area contributed by atoms with Gasteiger partial charge in [-0.15, -0.1) is 0 Å². The Bertz CT molecular complexity index is 1250. The number of nitrogens with zero attached hydrogens (tertiary/aromatic N) is 1. The third-order valence-electron chi connectivity index (χ3n) is 12.3. The highest BCUT2D eigenvalue weighted by Gasteiger charge is 2.67. The number of hydrogen-bond acceptors (Lipinski definition) is 4. The standard InChI is InChI=1S/C32H43NO4/c1-19-21-9-10-24-30(5,22(21)17-23(35)26(19)36)14-16-32(7)25-18-29(4,33(8)27(37)20(2)34)13-11-28(25,3)12-15-31(24,32)6/h9-10,17,25,36H,11-16,18H2,1-8H3/t25?,28?,29?,30?,31?,32-/m0/s1. The van der Waals surface area contributed by atoms with E-state index in [9.17, 15) is 19.5 Å². The van der Waals surface area contributed by atoms with Gasteiger partial charge in [0.05, 0.1) is 0 Å². The summed E-state index contributed by atoms with van der Waals surface area (Å²) in [5.74, 6) is -0.808. The number of carbonyl (C=O) groups excluding carboxylic acids is 3. The Labute approximate surface area is 221 Å². The van der Waals surface area contributed by atoms with Crippen LogP contribution < -0.4 is 0 Å². The molecule has 1 amide bonds. The second kappa shape index (κ2) is 7.80. The number of ketones is 2. The number of likely N-dealkylation sites (N-methyl/N-ethyl adjacent to an activating group) is 1. The molecule has 5 heteroatoms. The molecule has 0 aromatic heterocycles. The molecule has 0 heterocycles. The van der Waals surface area contributed by atoms with Gasteiger partial charge in [0.2, 0.25) is 11.6 Å². The van der Waals surface area contributed by atoms with E-state index in [0.717, 1.165) is 56.1 Å². The lowest BCUT2D eigenvalue weighted by Crippen LogP contribution is -2.64. The van der Waals surface area contributed by atoms with E-state index in [4.69, 9.17) is 0 Å². The van der Waals surface area contributed by atoms with Crippen molar-refractivity contribution in [3.05, 3.63) is 46.3 Å². The molecule has 200 valence electrons. The largest absolute Gasteiger partial charge is 0.504 e. The Kier molecular flexibility index (Phi) is 5.52. The summed E-state index contributed by atoms with van der Waals surface area (Å²) in [6, 6.07) is 0. The number of Topliss-reactive ketones (excluding diaryl/α,β-unsaturated/α-hetero) is 1. The van der Waals surface area contributed by atoms with Gasteiger partial charge in [-0.25, -0.2) is 0 Å². The molecule has 5 unspecified atom stereocenters. The molecule has 3 fully saturated rings. The number of aliphatic hydroxyl groups excluding tert-OH is 1. The van der Waals surface area contributed by atoms with Gasteiger partial charge < -0.3 is 10.0 Å². The summed E-state index contributed by atoms with van der Waals surface area (Å²) in [6.45, 7) is 15.1. The predicted octanol–water partition coefficient (Wildman–Crippen LogP) is 6.41. The summed E-state index contributed by atoms with van der Waals surface area (Å²) in [5.41, 5.74) is 3.70. The van der Waals surface area contributed by atoms with Gasteiger partial charge in [0.15, 0.2) is 5.76 Å². The summed E-state index contributed by atoms with van der Waals surface area (Å²) < 4.78 is 0. The Morgan fingerprint density at radius 3 is 2.27 bits per heavy atom. The third-order valence-corrected chi connectivity index (χ3v) is 12.3. The first-order valence-electron chi connectivity index (χ1n) is 13.9. The highest BCUT2D eigenvalue weighted by molar-refractivity contribution is 6.35. The number of aliphatic hydroxyl groups is 1. The van der Waals surface area contributed by atoms with Crippen molar-refractivity contribution in [2.24, 2.45) is 27.6 Å². The minimum atomic E-state index is -0.397. The smallest absolute Gasteiger partial charge is 0.289 e. The van der Waals surface area contributed by atoms with E-state index in [-0.39, 0.29) is 44.6 Å². The first kappa shape index (κ1) is 26.2. The maximum Gasteiger partial charge on any atom is 0.289 e. The zero-order chi connectivity index (χ0) is 27.3. The first-order valence-corrected chi connectivity index (χ1v) is 13.9. The van der Waals surface area contributed by atoms with Crippen LogP contribution in [-0.2, 0) is 14.4 Å². The summed E-state index contributed by atoms with van der Waals surface area (Å²) in [6.07, 6.45) is 13.2. The van der Waals surface area contributed by atoms with Crippen LogP contribution in [0.5, 0.6) is 0 Å². The Morgan fingerprint density at radius 2 is 1.62 bits per heavy atom. The number of hydrogen-bond donors (Lipinski definition) is 1. The highest BCUT2D eigenvalue weighted by Crippen LogP contribution is 2.75. The second-order valence-electron chi connectivity index (χ2n) is 14.0. The van der Waals surface area contributed by atoms with Crippen LogP contribution >= 0.6 is 0 Å². The maximum atomic E-state index is 12.8. The van der Waals surface area contributed by atoms with Gasteiger partial charge in [-0.3, -0.25) is 14.4 Å². The number of rotatable bonds is 2. The first-order chi connectivity index (χ1) is 17.0. The Balaban J connectivity index is 1.59. The average Bonchev–Trinajstić information content (AvgIpc) is 2.84. The summed E-state index contributed by atoms with van der Waals surface area (Å²) in [4.78, 5) is 39.1. The highest BCUT2D eigenvalue weighted by atomic mass is 16.3. The molecule has 3 saturated carbocycles. The van der Waals surface area contributed by atoms with E-state index in [0.29, 0.717) is 11.5 Å². The van der Waals surface area contributed by atoms with Crippen LogP contribution in [0.15, 0.2) is 46.3 Å². The summed E-state index contributed by atoms with van der Waals surface area (Å²) >= 11 is 0. The lowest BCUT2D eigenvalue weighted by molar-refractivity contribution is -0.171. The van der Waals surface area contributed by atoms with Crippen LogP contribution in [0, 0.1) is 27.6 Å². The van der Waals surface area contributed by atoms with Gasteiger partial charge in [0, 0.05) is 30.5 Å². The predicted molar refractivity (Wildman–Crippen MR) is 145 cm³/mol. The van der Waals surface area contributed by atoms with Crippen LogP contribution in [-0.4, -0.2) is 40.1 Å². The molecule has 5 nitrogen and oxygen atoms in total. The number of carbonyl (C=O) groups is 3. The van der Waals surface area contributed by atoms with Crippen LogP contribution in [0.1, 0.15) is 93.4 Å². The zero-order valence-corrected chi connectivity index (χ0v) is 23.9. The monoisotopic (exact) mass is 505 g/mol. The molecule has 0 saturated heterocycles. The van der Waals surface area contributed by atoms with Crippen LogP contribution in [0.2, 0.25) is 0 Å². The van der Waals surface area contributed by atoms with Crippen molar-refractivity contribution in [3.63, 3.8) is 0 Å². The molecule has 5 rings (SSSR count). The van der Waals surface area contributed by atoms with Crippen molar-refractivity contribution in [3.8, 4) is 0 Å². The van der Waals surface area contributed by atoms with Gasteiger partial charge in [-0.05, 0) is 98.2 Å². The Hall–Kier alpha value is -2.43. The number of amides is 1. The third kappa shape index (κ3) is 3.24. The van der Waals surface area contributed by atoms with Gasteiger partial charge in [0.1, 0.15) is 0 Å². The molecular weight excluding hydrogens is 462 g/mol. The molecule has 37 heavy (non-hydrogen) atoms. The number of fused-ring (bicyclic) bond motifs is 7.